The number of para-hydroxylation sites is 1. The zero-order chi connectivity index (χ0) is 21.1. The number of nitro benzene ring substituents is 1. The van der Waals surface area contributed by atoms with Crippen LogP contribution in [0.2, 0.25) is 5.02 Å². The number of benzene rings is 2. The van der Waals surface area contributed by atoms with Gasteiger partial charge in [0.15, 0.2) is 5.76 Å². The number of piperidine rings is 1. The fourth-order valence-corrected chi connectivity index (χ4v) is 3.87. The van der Waals surface area contributed by atoms with E-state index in [2.05, 4.69) is 22.3 Å². The number of carbonyl (C=O) groups excluding carboxylic acids is 1. The summed E-state index contributed by atoms with van der Waals surface area (Å²) in [5.74, 6) is 0.293. The number of amides is 1. The average Bonchev–Trinajstić information content (AvgIpc) is 3.25. The minimum atomic E-state index is -0.514. The predicted octanol–water partition coefficient (Wildman–Crippen LogP) is 4.91. The Morgan fingerprint density at radius 2 is 1.83 bits per heavy atom. The topological polar surface area (TPSA) is 88.6 Å². The van der Waals surface area contributed by atoms with Gasteiger partial charge in [0.05, 0.1) is 9.95 Å². The van der Waals surface area contributed by atoms with E-state index in [0.717, 1.165) is 25.9 Å². The first-order valence-electron chi connectivity index (χ1n) is 9.66. The number of furan rings is 1. The lowest BCUT2D eigenvalue weighted by Crippen LogP contribution is -2.44. The van der Waals surface area contributed by atoms with Crippen molar-refractivity contribution >= 4 is 28.9 Å². The number of hydrogen-bond donors (Lipinski definition) is 1. The summed E-state index contributed by atoms with van der Waals surface area (Å²) in [5, 5.41) is 14.1. The second-order valence-corrected chi connectivity index (χ2v) is 7.56. The summed E-state index contributed by atoms with van der Waals surface area (Å²) < 4.78 is 5.67. The molecule has 0 bridgehead atoms. The molecule has 0 atom stereocenters. The molecule has 4 rings (SSSR count). The van der Waals surface area contributed by atoms with Crippen LogP contribution in [0.3, 0.4) is 0 Å². The van der Waals surface area contributed by atoms with E-state index in [4.69, 9.17) is 16.0 Å². The zero-order valence-electron chi connectivity index (χ0n) is 16.1. The minimum absolute atomic E-state index is 0.0778. The summed E-state index contributed by atoms with van der Waals surface area (Å²) in [6.07, 6.45) is 1.70. The molecule has 154 valence electrons. The molecule has 1 aliphatic rings. The highest BCUT2D eigenvalue weighted by molar-refractivity contribution is 6.33. The molecular formula is C22H20ClN3O4. The molecule has 1 amide bonds. The first-order chi connectivity index (χ1) is 14.5. The van der Waals surface area contributed by atoms with Crippen LogP contribution in [0.1, 0.15) is 23.4 Å². The Bertz CT molecular complexity index is 1060. The summed E-state index contributed by atoms with van der Waals surface area (Å²) in [4.78, 5) is 25.2. The quantitative estimate of drug-likeness (QED) is 0.463. The van der Waals surface area contributed by atoms with E-state index in [9.17, 15) is 14.9 Å². The van der Waals surface area contributed by atoms with E-state index >= 15 is 0 Å². The predicted molar refractivity (Wildman–Crippen MR) is 115 cm³/mol. The van der Waals surface area contributed by atoms with E-state index in [1.54, 1.807) is 12.1 Å². The minimum Gasteiger partial charge on any atom is -0.451 e. The fraction of sp³-hybridized carbons (Fsp3) is 0.227. The highest BCUT2D eigenvalue weighted by Gasteiger charge is 2.23. The van der Waals surface area contributed by atoms with Gasteiger partial charge in [-0.05, 0) is 43.2 Å². The highest BCUT2D eigenvalue weighted by atomic mass is 35.5. The Kier molecular flexibility index (Phi) is 5.72. The van der Waals surface area contributed by atoms with Crippen LogP contribution in [-0.2, 0) is 0 Å². The Labute approximate surface area is 178 Å². The number of halogens is 1. The van der Waals surface area contributed by atoms with Gasteiger partial charge in [0.25, 0.3) is 11.6 Å². The van der Waals surface area contributed by atoms with Gasteiger partial charge in [-0.2, -0.15) is 0 Å². The summed E-state index contributed by atoms with van der Waals surface area (Å²) in [7, 11) is 0. The van der Waals surface area contributed by atoms with Crippen molar-refractivity contribution in [2.45, 2.75) is 18.9 Å². The lowest BCUT2D eigenvalue weighted by atomic mass is 10.0. The maximum Gasteiger partial charge on any atom is 0.287 e. The summed E-state index contributed by atoms with van der Waals surface area (Å²) in [6, 6.07) is 17.7. The van der Waals surface area contributed by atoms with E-state index in [1.807, 2.05) is 18.2 Å². The van der Waals surface area contributed by atoms with Crippen LogP contribution >= 0.6 is 11.6 Å². The van der Waals surface area contributed by atoms with Gasteiger partial charge in [-0.3, -0.25) is 14.9 Å². The van der Waals surface area contributed by atoms with Crippen molar-refractivity contribution in [2.24, 2.45) is 0 Å². The van der Waals surface area contributed by atoms with Crippen molar-refractivity contribution in [3.8, 4) is 11.3 Å². The van der Waals surface area contributed by atoms with Gasteiger partial charge in [-0.25, -0.2) is 0 Å². The molecule has 0 radical (unpaired) electrons. The van der Waals surface area contributed by atoms with Gasteiger partial charge in [-0.1, -0.05) is 29.8 Å². The molecule has 1 aliphatic heterocycles. The lowest BCUT2D eigenvalue weighted by molar-refractivity contribution is -0.384. The third-order valence-corrected chi connectivity index (χ3v) is 5.52. The van der Waals surface area contributed by atoms with Gasteiger partial charge in [-0.15, -0.1) is 0 Å². The second-order valence-electron chi connectivity index (χ2n) is 7.16. The van der Waals surface area contributed by atoms with Crippen molar-refractivity contribution in [1.29, 1.82) is 0 Å². The Morgan fingerprint density at radius 3 is 2.50 bits per heavy atom. The molecule has 3 aromatic rings. The zero-order valence-corrected chi connectivity index (χ0v) is 16.8. The third-order valence-electron chi connectivity index (χ3n) is 5.21. The summed E-state index contributed by atoms with van der Waals surface area (Å²) in [6.45, 7) is 1.74. The van der Waals surface area contributed by atoms with Crippen molar-refractivity contribution in [2.75, 3.05) is 18.0 Å². The molecule has 1 saturated heterocycles. The molecule has 0 aliphatic carbocycles. The summed E-state index contributed by atoms with van der Waals surface area (Å²) in [5.41, 5.74) is 1.59. The van der Waals surface area contributed by atoms with Crippen LogP contribution in [0.15, 0.2) is 65.1 Å². The maximum absolute atomic E-state index is 12.6. The molecule has 2 heterocycles. The third kappa shape index (κ3) is 4.31. The normalized spacial score (nSPS) is 14.5. The first-order valence-corrected chi connectivity index (χ1v) is 10.0. The van der Waals surface area contributed by atoms with E-state index in [-0.39, 0.29) is 28.4 Å². The molecule has 7 nitrogen and oxygen atoms in total. The second kappa shape index (κ2) is 8.59. The molecule has 1 fully saturated rings. The van der Waals surface area contributed by atoms with Crippen LogP contribution < -0.4 is 10.2 Å². The van der Waals surface area contributed by atoms with Crippen LogP contribution in [0.25, 0.3) is 11.3 Å². The number of rotatable bonds is 5. The van der Waals surface area contributed by atoms with Crippen molar-refractivity contribution < 1.29 is 14.1 Å². The molecule has 0 unspecified atom stereocenters. The Hall–Kier alpha value is -3.32. The van der Waals surface area contributed by atoms with E-state index < -0.39 is 4.92 Å². The smallest absolute Gasteiger partial charge is 0.287 e. The van der Waals surface area contributed by atoms with Crippen molar-refractivity contribution in [1.82, 2.24) is 5.32 Å². The number of non-ortho nitro benzene ring substituents is 1. The molecular weight excluding hydrogens is 406 g/mol. The molecule has 30 heavy (non-hydrogen) atoms. The molecule has 8 heteroatoms. The van der Waals surface area contributed by atoms with Gasteiger partial charge in [0, 0.05) is 42.5 Å². The molecule has 1 aromatic heterocycles. The van der Waals surface area contributed by atoms with Crippen molar-refractivity contribution in [3.05, 3.63) is 81.6 Å². The number of nitrogens with one attached hydrogen (secondary N) is 1. The van der Waals surface area contributed by atoms with Crippen LogP contribution in [0.5, 0.6) is 0 Å². The largest absolute Gasteiger partial charge is 0.451 e. The molecule has 0 saturated carbocycles. The fourth-order valence-electron chi connectivity index (χ4n) is 3.60. The number of carbonyl (C=O) groups is 1. The van der Waals surface area contributed by atoms with E-state index in [0.29, 0.717) is 11.3 Å². The monoisotopic (exact) mass is 425 g/mol. The highest BCUT2D eigenvalue weighted by Crippen LogP contribution is 2.32. The Balaban J connectivity index is 1.38. The van der Waals surface area contributed by atoms with Gasteiger partial charge >= 0.3 is 0 Å². The van der Waals surface area contributed by atoms with Gasteiger partial charge < -0.3 is 14.6 Å². The first kappa shape index (κ1) is 20.0. The van der Waals surface area contributed by atoms with Crippen molar-refractivity contribution in [3.63, 3.8) is 0 Å². The number of hydrogen-bond acceptors (Lipinski definition) is 5. The number of anilines is 1. The molecule has 0 spiro atoms. The number of nitrogens with zero attached hydrogens (tertiary/aromatic N) is 2. The maximum atomic E-state index is 12.6. The van der Waals surface area contributed by atoms with Crippen LogP contribution in [-0.4, -0.2) is 30.0 Å². The number of nitro groups is 1. The SMILES string of the molecule is O=C(NC1CCN(c2ccccc2)CC1)c1ccc(-c2ccc([N+](=O)[O-])cc2Cl)o1. The lowest BCUT2D eigenvalue weighted by Gasteiger charge is -2.33. The standard InChI is InChI=1S/C22H20ClN3O4/c23-19-14-17(26(28)29)6-7-18(19)20-8-9-21(30-20)22(27)24-15-10-12-25(13-11-15)16-4-2-1-3-5-16/h1-9,14-15H,10-13H2,(H,24,27). The molecule has 2 aromatic carbocycles. The Morgan fingerprint density at radius 1 is 1.10 bits per heavy atom. The van der Waals surface area contributed by atoms with Gasteiger partial charge in [0.1, 0.15) is 5.76 Å². The van der Waals surface area contributed by atoms with Gasteiger partial charge in [0.2, 0.25) is 0 Å². The van der Waals surface area contributed by atoms with Crippen LogP contribution in [0, 0.1) is 10.1 Å². The van der Waals surface area contributed by atoms with E-state index in [1.165, 1.54) is 23.9 Å². The molecule has 1 N–H and O–H groups in total. The summed E-state index contributed by atoms with van der Waals surface area (Å²) >= 11 is 6.15. The average molecular weight is 426 g/mol. The van der Waals surface area contributed by atoms with Crippen LogP contribution in [0.4, 0.5) is 11.4 Å².